The van der Waals surface area contributed by atoms with E-state index in [4.69, 9.17) is 9.84 Å². The van der Waals surface area contributed by atoms with E-state index in [1.54, 1.807) is 0 Å². The Balaban J connectivity index is 2.45. The quantitative estimate of drug-likeness (QED) is 0.536. The zero-order valence-electron chi connectivity index (χ0n) is 6.17. The van der Waals surface area contributed by atoms with Crippen molar-refractivity contribution in [3.05, 3.63) is 12.2 Å². The highest BCUT2D eigenvalue weighted by atomic mass is 16.5. The van der Waals surface area contributed by atoms with E-state index in [-0.39, 0.29) is 11.7 Å². The van der Waals surface area contributed by atoms with Crippen molar-refractivity contribution in [3.63, 3.8) is 0 Å². The fraction of sp³-hybridized carbons (Fsp3) is 0.571. The number of carbonyl (C=O) groups is 1. The molecule has 0 amide bonds. The molecule has 1 atom stereocenters. The second-order valence-electron chi connectivity index (χ2n) is 2.39. The van der Waals surface area contributed by atoms with Crippen LogP contribution in [0.25, 0.3) is 0 Å². The Morgan fingerprint density at radius 3 is 2.91 bits per heavy atom. The molecule has 0 aromatic rings. The Kier molecular flexibility index (Phi) is 2.62. The minimum Gasteiger partial charge on any atom is -0.478 e. The van der Waals surface area contributed by atoms with Crippen molar-refractivity contribution >= 4 is 5.97 Å². The highest BCUT2D eigenvalue weighted by Crippen LogP contribution is 2.06. The van der Waals surface area contributed by atoms with Crippen molar-refractivity contribution in [2.75, 3.05) is 19.7 Å². The normalized spacial score (nSPS) is 24.5. The van der Waals surface area contributed by atoms with Gasteiger partial charge in [-0.25, -0.2) is 4.79 Å². The molecular weight excluding hydrogens is 146 g/mol. The molecule has 1 fully saturated rings. The van der Waals surface area contributed by atoms with Crippen LogP contribution in [-0.2, 0) is 9.53 Å². The number of nitrogens with one attached hydrogen (secondary N) is 1. The van der Waals surface area contributed by atoms with E-state index >= 15 is 0 Å². The molecule has 0 saturated carbocycles. The van der Waals surface area contributed by atoms with E-state index < -0.39 is 5.97 Å². The molecule has 1 rings (SSSR count). The Morgan fingerprint density at radius 1 is 1.73 bits per heavy atom. The molecule has 0 spiro atoms. The van der Waals surface area contributed by atoms with Gasteiger partial charge in [0.25, 0.3) is 0 Å². The maximum absolute atomic E-state index is 10.4. The number of hydrogen-bond donors (Lipinski definition) is 2. The maximum Gasteiger partial charge on any atom is 0.333 e. The lowest BCUT2D eigenvalue weighted by atomic mass is 10.1. The monoisotopic (exact) mass is 157 g/mol. The van der Waals surface area contributed by atoms with Crippen molar-refractivity contribution in [2.24, 2.45) is 0 Å². The number of aliphatic carboxylic acids is 1. The van der Waals surface area contributed by atoms with Gasteiger partial charge in [0.2, 0.25) is 0 Å². The molecule has 0 aromatic heterocycles. The van der Waals surface area contributed by atoms with Gasteiger partial charge in [-0.1, -0.05) is 6.58 Å². The molecule has 1 unspecified atom stereocenters. The van der Waals surface area contributed by atoms with Gasteiger partial charge in [-0.3, -0.25) is 0 Å². The van der Waals surface area contributed by atoms with Gasteiger partial charge >= 0.3 is 5.97 Å². The minimum absolute atomic E-state index is 0.122. The zero-order chi connectivity index (χ0) is 8.27. The topological polar surface area (TPSA) is 58.6 Å². The third kappa shape index (κ3) is 2.03. The molecule has 0 aromatic carbocycles. The molecule has 4 nitrogen and oxygen atoms in total. The number of carboxylic acids is 1. The van der Waals surface area contributed by atoms with Crippen LogP contribution >= 0.6 is 0 Å². The van der Waals surface area contributed by atoms with Crippen molar-refractivity contribution < 1.29 is 14.6 Å². The summed E-state index contributed by atoms with van der Waals surface area (Å²) in [5.41, 5.74) is 0.122. The second kappa shape index (κ2) is 3.50. The SMILES string of the molecule is C=C(C(=O)O)C1CNCCO1. The average molecular weight is 157 g/mol. The first-order chi connectivity index (χ1) is 5.22. The van der Waals surface area contributed by atoms with Crippen LogP contribution in [0.4, 0.5) is 0 Å². The van der Waals surface area contributed by atoms with Gasteiger partial charge in [-0.2, -0.15) is 0 Å². The summed E-state index contributed by atoms with van der Waals surface area (Å²) in [6.45, 7) is 5.29. The van der Waals surface area contributed by atoms with Gasteiger partial charge in [0.1, 0.15) is 6.10 Å². The van der Waals surface area contributed by atoms with Gasteiger partial charge in [0.05, 0.1) is 12.2 Å². The van der Waals surface area contributed by atoms with E-state index in [9.17, 15) is 4.79 Å². The van der Waals surface area contributed by atoms with Crippen LogP contribution in [0.5, 0.6) is 0 Å². The van der Waals surface area contributed by atoms with Crippen LogP contribution in [0.2, 0.25) is 0 Å². The van der Waals surface area contributed by atoms with Crippen LogP contribution < -0.4 is 5.32 Å². The molecule has 62 valence electrons. The average Bonchev–Trinajstić information content (AvgIpc) is 2.05. The number of ether oxygens (including phenoxy) is 1. The van der Waals surface area contributed by atoms with E-state index in [0.717, 1.165) is 6.54 Å². The summed E-state index contributed by atoms with van der Waals surface area (Å²) in [5.74, 6) is -0.987. The maximum atomic E-state index is 10.4. The smallest absolute Gasteiger partial charge is 0.333 e. The largest absolute Gasteiger partial charge is 0.478 e. The lowest BCUT2D eigenvalue weighted by molar-refractivity contribution is -0.134. The molecule has 1 aliphatic heterocycles. The number of hydrogen-bond acceptors (Lipinski definition) is 3. The Labute approximate surface area is 64.9 Å². The van der Waals surface area contributed by atoms with Crippen molar-refractivity contribution in [1.29, 1.82) is 0 Å². The van der Waals surface area contributed by atoms with Gasteiger partial charge in [0.15, 0.2) is 0 Å². The van der Waals surface area contributed by atoms with Gasteiger partial charge < -0.3 is 15.2 Å². The summed E-state index contributed by atoms with van der Waals surface area (Å²) in [6, 6.07) is 0. The summed E-state index contributed by atoms with van der Waals surface area (Å²) in [7, 11) is 0. The first-order valence-corrected chi connectivity index (χ1v) is 3.46. The predicted octanol–water partition coefficient (Wildman–Crippen LogP) is -0.384. The first-order valence-electron chi connectivity index (χ1n) is 3.46. The Hall–Kier alpha value is -0.870. The fourth-order valence-electron chi connectivity index (χ4n) is 0.927. The van der Waals surface area contributed by atoms with E-state index in [1.807, 2.05) is 0 Å². The fourth-order valence-corrected chi connectivity index (χ4v) is 0.927. The van der Waals surface area contributed by atoms with Gasteiger partial charge in [-0.05, 0) is 0 Å². The number of rotatable bonds is 2. The summed E-state index contributed by atoms with van der Waals surface area (Å²) >= 11 is 0. The molecule has 0 aliphatic carbocycles. The molecule has 1 heterocycles. The lowest BCUT2D eigenvalue weighted by Crippen LogP contribution is -2.40. The van der Waals surface area contributed by atoms with Crippen molar-refractivity contribution in [2.45, 2.75) is 6.10 Å². The number of morpholine rings is 1. The molecule has 0 radical (unpaired) electrons. The zero-order valence-corrected chi connectivity index (χ0v) is 6.17. The van der Waals surface area contributed by atoms with Crippen LogP contribution in [0, 0.1) is 0 Å². The highest BCUT2D eigenvalue weighted by Gasteiger charge is 2.20. The third-order valence-electron chi connectivity index (χ3n) is 1.59. The molecule has 4 heteroatoms. The lowest BCUT2D eigenvalue weighted by Gasteiger charge is -2.23. The second-order valence-corrected chi connectivity index (χ2v) is 2.39. The summed E-state index contributed by atoms with van der Waals surface area (Å²) in [5, 5.41) is 11.5. The van der Waals surface area contributed by atoms with Gasteiger partial charge in [0, 0.05) is 13.1 Å². The minimum atomic E-state index is -0.987. The van der Waals surface area contributed by atoms with Crippen LogP contribution in [0.1, 0.15) is 0 Å². The predicted molar refractivity (Wildman–Crippen MR) is 39.4 cm³/mol. The van der Waals surface area contributed by atoms with Crippen LogP contribution in [0.15, 0.2) is 12.2 Å². The van der Waals surface area contributed by atoms with Gasteiger partial charge in [-0.15, -0.1) is 0 Å². The summed E-state index contributed by atoms with van der Waals surface area (Å²) in [4.78, 5) is 10.4. The number of carboxylic acid groups (broad SMARTS) is 1. The molecular formula is C7H11NO3. The van der Waals surface area contributed by atoms with Crippen molar-refractivity contribution in [3.8, 4) is 0 Å². The standard InChI is InChI=1S/C7H11NO3/c1-5(7(9)10)6-4-8-2-3-11-6/h6,8H,1-4H2,(H,9,10). The molecule has 0 bridgehead atoms. The molecule has 1 aliphatic rings. The Morgan fingerprint density at radius 2 is 2.45 bits per heavy atom. The third-order valence-corrected chi connectivity index (χ3v) is 1.59. The van der Waals surface area contributed by atoms with E-state index in [0.29, 0.717) is 13.2 Å². The first kappa shape index (κ1) is 8.23. The van der Waals surface area contributed by atoms with E-state index in [1.165, 1.54) is 0 Å². The van der Waals surface area contributed by atoms with Crippen molar-refractivity contribution in [1.82, 2.24) is 5.32 Å². The van der Waals surface area contributed by atoms with E-state index in [2.05, 4.69) is 11.9 Å². The Bertz CT molecular complexity index is 173. The molecule has 1 saturated heterocycles. The summed E-state index contributed by atoms with van der Waals surface area (Å²) in [6.07, 6.45) is -0.360. The molecule has 2 N–H and O–H groups in total. The summed E-state index contributed by atoms with van der Waals surface area (Å²) < 4.78 is 5.16. The molecule has 11 heavy (non-hydrogen) atoms. The van der Waals surface area contributed by atoms with Crippen LogP contribution in [0.3, 0.4) is 0 Å². The highest BCUT2D eigenvalue weighted by molar-refractivity contribution is 5.87. The van der Waals surface area contributed by atoms with Crippen LogP contribution in [-0.4, -0.2) is 36.9 Å².